The molecule has 112 valence electrons. The molecule has 0 bridgehead atoms. The fraction of sp³-hybridized carbons (Fsp3) is 0.571. The first-order chi connectivity index (χ1) is 9.27. The van der Waals surface area contributed by atoms with Gasteiger partial charge in [-0.15, -0.1) is 11.6 Å². The van der Waals surface area contributed by atoms with Gasteiger partial charge < -0.3 is 0 Å². The highest BCUT2D eigenvalue weighted by Crippen LogP contribution is 2.25. The van der Waals surface area contributed by atoms with E-state index in [4.69, 9.17) is 11.6 Å². The second kappa shape index (κ2) is 5.64. The van der Waals surface area contributed by atoms with E-state index < -0.39 is 10.0 Å². The van der Waals surface area contributed by atoms with Crippen molar-refractivity contribution in [1.82, 2.24) is 9.21 Å². The van der Waals surface area contributed by atoms with Gasteiger partial charge in [0.25, 0.3) is 0 Å². The number of hydrogen-bond acceptors (Lipinski definition) is 3. The van der Waals surface area contributed by atoms with E-state index in [-0.39, 0.29) is 5.54 Å². The van der Waals surface area contributed by atoms with Gasteiger partial charge in [0.2, 0.25) is 10.0 Å². The maximum Gasteiger partial charge on any atom is 0.243 e. The third-order valence-electron chi connectivity index (χ3n) is 3.97. The molecule has 1 heterocycles. The van der Waals surface area contributed by atoms with Crippen molar-refractivity contribution in [1.29, 1.82) is 0 Å². The van der Waals surface area contributed by atoms with Crippen LogP contribution in [0.4, 0.5) is 0 Å². The first-order valence-electron chi connectivity index (χ1n) is 6.64. The molecule has 20 heavy (non-hydrogen) atoms. The topological polar surface area (TPSA) is 40.6 Å². The molecule has 6 heteroatoms. The van der Waals surface area contributed by atoms with Crippen LogP contribution in [0.5, 0.6) is 0 Å². The third kappa shape index (κ3) is 3.01. The molecule has 2 rings (SSSR count). The quantitative estimate of drug-likeness (QED) is 0.802. The molecular weight excluding hydrogens is 296 g/mol. The molecule has 0 saturated carbocycles. The Bertz CT molecular complexity index is 587. The molecule has 0 aromatic heterocycles. The highest BCUT2D eigenvalue weighted by Gasteiger charge is 2.37. The molecule has 4 nitrogen and oxygen atoms in total. The van der Waals surface area contributed by atoms with Gasteiger partial charge >= 0.3 is 0 Å². The van der Waals surface area contributed by atoms with Crippen LogP contribution in [0.15, 0.2) is 29.2 Å². The molecule has 1 aliphatic rings. The van der Waals surface area contributed by atoms with Crippen molar-refractivity contribution in [2.45, 2.75) is 30.2 Å². The third-order valence-corrected chi connectivity index (χ3v) is 6.12. The van der Waals surface area contributed by atoms with Crippen molar-refractivity contribution in [3.05, 3.63) is 29.8 Å². The van der Waals surface area contributed by atoms with Crippen molar-refractivity contribution in [2.75, 3.05) is 26.7 Å². The molecule has 0 aliphatic carbocycles. The lowest BCUT2D eigenvalue weighted by Gasteiger charge is -2.44. The summed E-state index contributed by atoms with van der Waals surface area (Å²) < 4.78 is 27.0. The molecule has 0 unspecified atom stereocenters. The number of sulfonamides is 1. The smallest absolute Gasteiger partial charge is 0.243 e. The summed E-state index contributed by atoms with van der Waals surface area (Å²) in [5.41, 5.74) is 0.663. The van der Waals surface area contributed by atoms with Crippen LogP contribution in [-0.4, -0.2) is 49.8 Å². The molecule has 1 aromatic carbocycles. The van der Waals surface area contributed by atoms with Gasteiger partial charge in [0.1, 0.15) is 0 Å². The highest BCUT2D eigenvalue weighted by molar-refractivity contribution is 7.89. The predicted octanol–water partition coefficient (Wildman–Crippen LogP) is 2.14. The molecule has 0 amide bonds. The Morgan fingerprint density at radius 3 is 2.60 bits per heavy atom. The van der Waals surface area contributed by atoms with E-state index in [9.17, 15) is 8.42 Å². The van der Waals surface area contributed by atoms with Crippen LogP contribution in [0, 0.1) is 0 Å². The van der Waals surface area contributed by atoms with E-state index in [0.29, 0.717) is 23.9 Å². The molecule has 1 aliphatic heterocycles. The summed E-state index contributed by atoms with van der Waals surface area (Å²) in [4.78, 5) is 2.52. The number of piperazine rings is 1. The van der Waals surface area contributed by atoms with Gasteiger partial charge in [-0.1, -0.05) is 12.1 Å². The van der Waals surface area contributed by atoms with Crippen LogP contribution in [0.1, 0.15) is 19.4 Å². The van der Waals surface area contributed by atoms with E-state index in [2.05, 4.69) is 18.7 Å². The molecule has 1 saturated heterocycles. The number of benzene rings is 1. The lowest BCUT2D eigenvalue weighted by Crippen LogP contribution is -2.58. The second-order valence-electron chi connectivity index (χ2n) is 5.85. The zero-order valence-electron chi connectivity index (χ0n) is 12.1. The Morgan fingerprint density at radius 2 is 2.00 bits per heavy atom. The number of likely N-dealkylation sites (N-methyl/N-ethyl adjacent to an activating group) is 1. The average molecular weight is 317 g/mol. The average Bonchev–Trinajstić information content (AvgIpc) is 2.41. The molecule has 0 radical (unpaired) electrons. The Morgan fingerprint density at radius 1 is 1.30 bits per heavy atom. The van der Waals surface area contributed by atoms with Crippen molar-refractivity contribution < 1.29 is 8.42 Å². The maximum absolute atomic E-state index is 12.7. The van der Waals surface area contributed by atoms with Gasteiger partial charge in [-0.3, -0.25) is 4.90 Å². The number of hydrogen-bond donors (Lipinski definition) is 0. The minimum Gasteiger partial charge on any atom is -0.299 e. The monoisotopic (exact) mass is 316 g/mol. The summed E-state index contributed by atoms with van der Waals surface area (Å²) in [5, 5.41) is 0. The highest BCUT2D eigenvalue weighted by atomic mass is 35.5. The molecule has 1 aromatic rings. The molecular formula is C14H21ClN2O2S. The van der Waals surface area contributed by atoms with Crippen molar-refractivity contribution in [3.63, 3.8) is 0 Å². The van der Waals surface area contributed by atoms with Crippen LogP contribution in [0.3, 0.4) is 0 Å². The number of rotatable bonds is 3. The van der Waals surface area contributed by atoms with Crippen molar-refractivity contribution in [2.24, 2.45) is 0 Å². The Kier molecular flexibility index (Phi) is 4.44. The standard InChI is InChI=1S/C14H21ClN2O2S/c1-14(2)11-17(8-7-16(14)3)20(18,19)13-6-4-5-12(9-13)10-15/h4-6,9H,7-8,10-11H2,1-3H3. The minimum atomic E-state index is -3.44. The van der Waals surface area contributed by atoms with E-state index in [1.807, 2.05) is 13.1 Å². The van der Waals surface area contributed by atoms with Gasteiger partial charge in [-0.25, -0.2) is 8.42 Å². The predicted molar refractivity (Wildman–Crippen MR) is 81.5 cm³/mol. The second-order valence-corrected chi connectivity index (χ2v) is 8.06. The minimum absolute atomic E-state index is 0.157. The van der Waals surface area contributed by atoms with Crippen LogP contribution < -0.4 is 0 Å². The number of halogens is 1. The van der Waals surface area contributed by atoms with E-state index in [0.717, 1.165) is 12.1 Å². The number of nitrogens with zero attached hydrogens (tertiary/aromatic N) is 2. The lowest BCUT2D eigenvalue weighted by molar-refractivity contribution is 0.0801. The fourth-order valence-electron chi connectivity index (χ4n) is 2.34. The first kappa shape index (κ1) is 15.8. The normalized spacial score (nSPS) is 21.0. The molecule has 1 fully saturated rings. The Balaban J connectivity index is 2.31. The summed E-state index contributed by atoms with van der Waals surface area (Å²) >= 11 is 5.78. The van der Waals surface area contributed by atoms with Crippen molar-refractivity contribution in [3.8, 4) is 0 Å². The zero-order chi connectivity index (χ0) is 15.0. The first-order valence-corrected chi connectivity index (χ1v) is 8.61. The largest absolute Gasteiger partial charge is 0.299 e. The molecule has 0 N–H and O–H groups in total. The van der Waals surface area contributed by atoms with Crippen LogP contribution >= 0.6 is 11.6 Å². The summed E-state index contributed by atoms with van der Waals surface area (Å²) in [6, 6.07) is 6.87. The Hall–Kier alpha value is -0.620. The summed E-state index contributed by atoms with van der Waals surface area (Å²) in [6.45, 7) is 5.87. The van der Waals surface area contributed by atoms with Gasteiger partial charge in [0.15, 0.2) is 0 Å². The number of alkyl halides is 1. The molecule has 0 spiro atoms. The van der Waals surface area contributed by atoms with Gasteiger partial charge in [-0.05, 0) is 38.6 Å². The van der Waals surface area contributed by atoms with Gasteiger partial charge in [-0.2, -0.15) is 4.31 Å². The van der Waals surface area contributed by atoms with E-state index in [1.54, 1.807) is 22.5 Å². The van der Waals surface area contributed by atoms with E-state index >= 15 is 0 Å². The van der Waals surface area contributed by atoms with E-state index in [1.165, 1.54) is 0 Å². The summed E-state index contributed by atoms with van der Waals surface area (Å²) in [7, 11) is -1.42. The SMILES string of the molecule is CN1CCN(S(=O)(=O)c2cccc(CCl)c2)CC1(C)C. The summed E-state index contributed by atoms with van der Waals surface area (Å²) in [6.07, 6.45) is 0. The maximum atomic E-state index is 12.7. The Labute approximate surface area is 126 Å². The van der Waals surface area contributed by atoms with Crippen LogP contribution in [-0.2, 0) is 15.9 Å². The molecule has 0 atom stereocenters. The lowest BCUT2D eigenvalue weighted by atomic mass is 10.0. The van der Waals surface area contributed by atoms with Gasteiger partial charge in [0, 0.05) is 31.1 Å². The van der Waals surface area contributed by atoms with Gasteiger partial charge in [0.05, 0.1) is 4.90 Å². The van der Waals surface area contributed by atoms with Crippen LogP contribution in [0.25, 0.3) is 0 Å². The van der Waals surface area contributed by atoms with Crippen LogP contribution in [0.2, 0.25) is 0 Å². The fourth-order valence-corrected chi connectivity index (χ4v) is 4.16. The van der Waals surface area contributed by atoms with Crippen molar-refractivity contribution >= 4 is 21.6 Å². The summed E-state index contributed by atoms with van der Waals surface area (Å²) in [5.74, 6) is 0.317. The zero-order valence-corrected chi connectivity index (χ0v) is 13.7.